The highest BCUT2D eigenvalue weighted by Crippen LogP contribution is 2.19. The topological polar surface area (TPSA) is 61.4 Å². The van der Waals surface area contributed by atoms with Crippen molar-refractivity contribution in [3.8, 4) is 0 Å². The largest absolute Gasteiger partial charge is 0.338 e. The summed E-state index contributed by atoms with van der Waals surface area (Å²) in [6, 6.07) is 7.02. The number of hydrogen-bond acceptors (Lipinski definition) is 2. The molecular weight excluding hydrogens is 254 g/mol. The molecule has 1 aromatic carbocycles. The van der Waals surface area contributed by atoms with E-state index in [9.17, 15) is 9.59 Å². The van der Waals surface area contributed by atoms with Gasteiger partial charge >= 0.3 is 6.03 Å². The number of benzene rings is 1. The van der Waals surface area contributed by atoms with Crippen molar-refractivity contribution in [3.63, 3.8) is 0 Å². The van der Waals surface area contributed by atoms with E-state index in [1.165, 1.54) is 0 Å². The Morgan fingerprint density at radius 2 is 2.11 bits per heavy atom. The Balaban J connectivity index is 2.07. The lowest BCUT2D eigenvalue weighted by molar-refractivity contribution is -0.113. The standard InChI is InChI=1S/C12H14ClN3O2/c13-8-11(17)15-9-2-4-10(5-3-9)16-7-1-6-14-12(16)18/h2-5H,1,6-8H2,(H,14,18)(H,15,17). The van der Waals surface area contributed by atoms with E-state index >= 15 is 0 Å². The molecule has 1 aliphatic heterocycles. The van der Waals surface area contributed by atoms with Crippen LogP contribution in [0.3, 0.4) is 0 Å². The molecule has 96 valence electrons. The van der Waals surface area contributed by atoms with Gasteiger partial charge in [-0.15, -0.1) is 11.6 Å². The van der Waals surface area contributed by atoms with Crippen molar-refractivity contribution in [1.29, 1.82) is 0 Å². The number of amides is 3. The summed E-state index contributed by atoms with van der Waals surface area (Å²) < 4.78 is 0. The Morgan fingerprint density at radius 1 is 1.39 bits per heavy atom. The van der Waals surface area contributed by atoms with Crippen LogP contribution in [-0.4, -0.2) is 30.9 Å². The van der Waals surface area contributed by atoms with Gasteiger partial charge in [-0.2, -0.15) is 0 Å². The van der Waals surface area contributed by atoms with Crippen molar-refractivity contribution in [2.24, 2.45) is 0 Å². The van der Waals surface area contributed by atoms with E-state index in [0.717, 1.165) is 18.7 Å². The van der Waals surface area contributed by atoms with Crippen molar-refractivity contribution in [3.05, 3.63) is 24.3 Å². The van der Waals surface area contributed by atoms with Gasteiger partial charge in [0.1, 0.15) is 5.88 Å². The van der Waals surface area contributed by atoms with E-state index in [0.29, 0.717) is 12.2 Å². The smallest absolute Gasteiger partial charge is 0.321 e. The Bertz CT molecular complexity index is 447. The van der Waals surface area contributed by atoms with Crippen molar-refractivity contribution in [2.75, 3.05) is 29.2 Å². The molecule has 1 aliphatic rings. The molecule has 1 aromatic rings. The number of rotatable bonds is 3. The van der Waals surface area contributed by atoms with Crippen LogP contribution in [-0.2, 0) is 4.79 Å². The molecule has 6 heteroatoms. The average Bonchev–Trinajstić information content (AvgIpc) is 2.40. The van der Waals surface area contributed by atoms with Crippen LogP contribution in [0.25, 0.3) is 0 Å². The van der Waals surface area contributed by atoms with Crippen molar-refractivity contribution in [1.82, 2.24) is 5.32 Å². The number of halogens is 1. The minimum atomic E-state index is -0.250. The van der Waals surface area contributed by atoms with E-state index in [1.807, 2.05) is 0 Å². The molecule has 0 spiro atoms. The second kappa shape index (κ2) is 5.73. The summed E-state index contributed by atoms with van der Waals surface area (Å²) in [4.78, 5) is 24.4. The van der Waals surface area contributed by atoms with Crippen LogP contribution < -0.4 is 15.5 Å². The third-order valence-electron chi connectivity index (χ3n) is 2.66. The number of carbonyl (C=O) groups excluding carboxylic acids is 2. The molecule has 0 unspecified atom stereocenters. The summed E-state index contributed by atoms with van der Waals surface area (Å²) in [6.45, 7) is 1.43. The van der Waals surface area contributed by atoms with Gasteiger partial charge in [0.2, 0.25) is 5.91 Å². The zero-order chi connectivity index (χ0) is 13.0. The monoisotopic (exact) mass is 267 g/mol. The lowest BCUT2D eigenvalue weighted by Gasteiger charge is -2.27. The maximum Gasteiger partial charge on any atom is 0.321 e. The van der Waals surface area contributed by atoms with Crippen LogP contribution in [0, 0.1) is 0 Å². The van der Waals surface area contributed by atoms with Crippen molar-refractivity contribution < 1.29 is 9.59 Å². The lowest BCUT2D eigenvalue weighted by atomic mass is 10.2. The quantitative estimate of drug-likeness (QED) is 0.820. The summed E-state index contributed by atoms with van der Waals surface area (Å²) in [5.74, 6) is -0.323. The minimum absolute atomic E-state index is 0.0731. The third kappa shape index (κ3) is 2.92. The third-order valence-corrected chi connectivity index (χ3v) is 2.91. The first kappa shape index (κ1) is 12.7. The van der Waals surface area contributed by atoms with Gasteiger partial charge in [0.15, 0.2) is 0 Å². The maximum atomic E-state index is 11.6. The van der Waals surface area contributed by atoms with E-state index < -0.39 is 0 Å². The molecule has 3 amide bonds. The van der Waals surface area contributed by atoms with Crippen LogP contribution >= 0.6 is 11.6 Å². The number of alkyl halides is 1. The van der Waals surface area contributed by atoms with Crippen molar-refractivity contribution >= 4 is 34.9 Å². The molecule has 2 N–H and O–H groups in total. The lowest BCUT2D eigenvalue weighted by Crippen LogP contribution is -2.46. The summed E-state index contributed by atoms with van der Waals surface area (Å²) >= 11 is 5.40. The number of nitrogens with zero attached hydrogens (tertiary/aromatic N) is 1. The van der Waals surface area contributed by atoms with E-state index in [1.54, 1.807) is 29.2 Å². The predicted molar refractivity (Wildman–Crippen MR) is 71.2 cm³/mol. The maximum absolute atomic E-state index is 11.6. The summed E-state index contributed by atoms with van der Waals surface area (Å²) in [5, 5.41) is 5.43. The highest BCUT2D eigenvalue weighted by Gasteiger charge is 2.18. The van der Waals surface area contributed by atoms with E-state index in [4.69, 9.17) is 11.6 Å². The fourth-order valence-corrected chi connectivity index (χ4v) is 1.86. The normalized spacial score (nSPS) is 15.2. The van der Waals surface area contributed by atoms with Crippen LogP contribution in [0.4, 0.5) is 16.2 Å². The zero-order valence-electron chi connectivity index (χ0n) is 9.78. The molecule has 0 atom stereocenters. The highest BCUT2D eigenvalue weighted by atomic mass is 35.5. The van der Waals surface area contributed by atoms with Gasteiger partial charge < -0.3 is 10.6 Å². The number of nitrogens with one attached hydrogen (secondary N) is 2. The number of urea groups is 1. The van der Waals surface area contributed by atoms with E-state index in [2.05, 4.69) is 10.6 Å². The molecule has 5 nitrogen and oxygen atoms in total. The molecule has 0 saturated carbocycles. The number of carbonyl (C=O) groups is 2. The van der Waals surface area contributed by atoms with Gasteiger partial charge in [0.05, 0.1) is 0 Å². The number of anilines is 2. The minimum Gasteiger partial charge on any atom is -0.338 e. The first-order valence-electron chi connectivity index (χ1n) is 5.72. The second-order valence-electron chi connectivity index (χ2n) is 3.97. The average molecular weight is 268 g/mol. The fourth-order valence-electron chi connectivity index (χ4n) is 1.79. The molecule has 18 heavy (non-hydrogen) atoms. The first-order valence-corrected chi connectivity index (χ1v) is 6.25. The molecule has 0 bridgehead atoms. The van der Waals surface area contributed by atoms with Crippen LogP contribution in [0.2, 0.25) is 0 Å². The summed E-state index contributed by atoms with van der Waals surface area (Å²) in [7, 11) is 0. The fraction of sp³-hybridized carbons (Fsp3) is 0.333. The second-order valence-corrected chi connectivity index (χ2v) is 4.23. The predicted octanol–water partition coefficient (Wildman–Crippen LogP) is 1.78. The van der Waals surface area contributed by atoms with Gasteiger partial charge in [-0.3, -0.25) is 9.69 Å². The molecule has 0 aromatic heterocycles. The number of hydrogen-bond donors (Lipinski definition) is 2. The Hall–Kier alpha value is -1.75. The Kier molecular flexibility index (Phi) is 4.04. The van der Waals surface area contributed by atoms with Crippen molar-refractivity contribution in [2.45, 2.75) is 6.42 Å². The molecule has 2 rings (SSSR count). The molecule has 1 heterocycles. The molecule has 1 fully saturated rings. The SMILES string of the molecule is O=C(CCl)Nc1ccc(N2CCCNC2=O)cc1. The molecule has 1 saturated heterocycles. The van der Waals surface area contributed by atoms with Gasteiger partial charge in [0, 0.05) is 24.5 Å². The van der Waals surface area contributed by atoms with Gasteiger partial charge in [0.25, 0.3) is 0 Å². The Labute approximate surface area is 110 Å². The Morgan fingerprint density at radius 3 is 2.72 bits per heavy atom. The molecule has 0 radical (unpaired) electrons. The van der Waals surface area contributed by atoms with Gasteiger partial charge in [-0.05, 0) is 30.7 Å². The van der Waals surface area contributed by atoms with E-state index in [-0.39, 0.29) is 17.8 Å². The van der Waals surface area contributed by atoms with Gasteiger partial charge in [-0.1, -0.05) is 0 Å². The highest BCUT2D eigenvalue weighted by molar-refractivity contribution is 6.29. The summed E-state index contributed by atoms with van der Waals surface area (Å²) in [6.07, 6.45) is 0.927. The van der Waals surface area contributed by atoms with Gasteiger partial charge in [-0.25, -0.2) is 4.79 Å². The van der Waals surface area contributed by atoms with Crippen LogP contribution in [0.1, 0.15) is 6.42 Å². The van der Waals surface area contributed by atoms with Crippen LogP contribution in [0.5, 0.6) is 0 Å². The zero-order valence-corrected chi connectivity index (χ0v) is 10.5. The first-order chi connectivity index (χ1) is 8.70. The summed E-state index contributed by atoms with van der Waals surface area (Å²) in [5.41, 5.74) is 1.48. The van der Waals surface area contributed by atoms with Crippen LogP contribution in [0.15, 0.2) is 24.3 Å². The molecule has 0 aliphatic carbocycles. The molecular formula is C12H14ClN3O2.